The fourth-order valence-corrected chi connectivity index (χ4v) is 2.25. The lowest BCUT2D eigenvalue weighted by molar-refractivity contribution is 0.321. The van der Waals surface area contributed by atoms with Crippen molar-refractivity contribution in [3.05, 3.63) is 17.5 Å². The van der Waals surface area contributed by atoms with Gasteiger partial charge in [0.05, 0.1) is 11.2 Å². The zero-order valence-corrected chi connectivity index (χ0v) is 11.2. The van der Waals surface area contributed by atoms with Gasteiger partial charge in [-0.25, -0.2) is 4.68 Å². The summed E-state index contributed by atoms with van der Waals surface area (Å²) in [5.74, 6) is 1.52. The number of hydrogen-bond donors (Lipinski definition) is 0. The van der Waals surface area contributed by atoms with Gasteiger partial charge in [0, 0.05) is 11.8 Å². The third-order valence-electron chi connectivity index (χ3n) is 2.10. The molecule has 0 aliphatic rings. The van der Waals surface area contributed by atoms with Crippen LogP contribution in [0.3, 0.4) is 0 Å². The predicted molar refractivity (Wildman–Crippen MR) is 63.6 cm³/mol. The minimum Gasteiger partial charge on any atom is -0.361 e. The minimum absolute atomic E-state index is 0.119. The van der Waals surface area contributed by atoms with Gasteiger partial charge in [0.15, 0.2) is 0 Å². The lowest BCUT2D eigenvalue weighted by atomic mass is 10.1. The van der Waals surface area contributed by atoms with Crippen molar-refractivity contribution in [1.29, 1.82) is 0 Å². The Hall–Kier alpha value is -1.37. The second kappa shape index (κ2) is 4.48. The number of rotatable bonds is 3. The molecule has 0 N–H and O–H groups in total. The Labute approximate surface area is 104 Å². The number of hydrogen-bond acceptors (Lipinski definition) is 6. The number of tetrazole rings is 1. The van der Waals surface area contributed by atoms with Crippen molar-refractivity contribution in [2.75, 3.05) is 0 Å². The van der Waals surface area contributed by atoms with Gasteiger partial charge in [0.25, 0.3) is 0 Å². The van der Waals surface area contributed by atoms with Gasteiger partial charge in [0.2, 0.25) is 5.16 Å². The molecule has 0 aliphatic heterocycles. The molecule has 0 aliphatic carbocycles. The molecule has 0 saturated heterocycles. The molecule has 0 spiro atoms. The summed E-state index contributed by atoms with van der Waals surface area (Å²) < 4.78 is 6.82. The third-order valence-corrected chi connectivity index (χ3v) is 3.06. The molecule has 2 aromatic rings. The van der Waals surface area contributed by atoms with Gasteiger partial charge in [-0.15, -0.1) is 5.10 Å². The van der Waals surface area contributed by atoms with E-state index in [2.05, 4.69) is 41.5 Å². The van der Waals surface area contributed by atoms with E-state index in [4.69, 9.17) is 4.52 Å². The summed E-state index contributed by atoms with van der Waals surface area (Å²) in [5, 5.41) is 16.4. The van der Waals surface area contributed by atoms with Crippen molar-refractivity contribution in [2.45, 2.75) is 44.1 Å². The predicted octanol–water partition coefficient (Wildman–Crippen LogP) is 2.02. The molecule has 0 atom stereocenters. The molecule has 0 aromatic carbocycles. The Morgan fingerprint density at radius 2 is 2.18 bits per heavy atom. The largest absolute Gasteiger partial charge is 0.361 e. The van der Waals surface area contributed by atoms with Gasteiger partial charge in [-0.1, -0.05) is 16.9 Å². The van der Waals surface area contributed by atoms with Crippen LogP contribution in [0.1, 0.15) is 32.2 Å². The Balaban J connectivity index is 2.07. The molecule has 17 heavy (non-hydrogen) atoms. The molecule has 92 valence electrons. The average Bonchev–Trinajstić information content (AvgIpc) is 2.81. The van der Waals surface area contributed by atoms with Crippen LogP contribution in [0, 0.1) is 6.92 Å². The number of thioether (sulfide) groups is 1. The average molecular weight is 253 g/mol. The first kappa shape index (κ1) is 12.1. The molecule has 0 saturated carbocycles. The summed E-state index contributed by atoms with van der Waals surface area (Å²) >= 11 is 1.55. The van der Waals surface area contributed by atoms with Crippen molar-refractivity contribution in [3.63, 3.8) is 0 Å². The first-order valence-electron chi connectivity index (χ1n) is 5.30. The highest BCUT2D eigenvalue weighted by Crippen LogP contribution is 2.24. The lowest BCUT2D eigenvalue weighted by Crippen LogP contribution is -2.24. The van der Waals surface area contributed by atoms with E-state index in [1.54, 1.807) is 11.8 Å². The van der Waals surface area contributed by atoms with Crippen LogP contribution in [-0.2, 0) is 11.3 Å². The molecule has 0 unspecified atom stereocenters. The Morgan fingerprint density at radius 3 is 2.76 bits per heavy atom. The highest BCUT2D eigenvalue weighted by atomic mass is 32.2. The normalized spacial score (nSPS) is 12.0. The van der Waals surface area contributed by atoms with E-state index in [1.807, 2.05) is 17.7 Å². The molecule has 0 fully saturated rings. The highest BCUT2D eigenvalue weighted by Gasteiger charge is 2.20. The van der Waals surface area contributed by atoms with E-state index < -0.39 is 0 Å². The molecule has 2 heterocycles. The lowest BCUT2D eigenvalue weighted by Gasteiger charge is -2.19. The van der Waals surface area contributed by atoms with Crippen LogP contribution in [0.25, 0.3) is 0 Å². The Bertz CT molecular complexity index is 499. The van der Waals surface area contributed by atoms with Gasteiger partial charge >= 0.3 is 0 Å². The van der Waals surface area contributed by atoms with Crippen LogP contribution in [-0.4, -0.2) is 25.4 Å². The smallest absolute Gasteiger partial charge is 0.210 e. The van der Waals surface area contributed by atoms with Crippen LogP contribution < -0.4 is 0 Å². The maximum Gasteiger partial charge on any atom is 0.210 e. The van der Waals surface area contributed by atoms with Gasteiger partial charge in [-0.3, -0.25) is 0 Å². The van der Waals surface area contributed by atoms with Crippen molar-refractivity contribution in [3.8, 4) is 0 Å². The second-order valence-corrected chi connectivity index (χ2v) is 5.70. The summed E-state index contributed by atoms with van der Waals surface area (Å²) in [7, 11) is 0. The zero-order chi connectivity index (χ0) is 12.5. The fraction of sp³-hybridized carbons (Fsp3) is 0.600. The number of nitrogens with zero attached hydrogens (tertiary/aromatic N) is 5. The minimum atomic E-state index is -0.119. The van der Waals surface area contributed by atoms with Crippen molar-refractivity contribution in [1.82, 2.24) is 25.4 Å². The molecule has 7 heteroatoms. The van der Waals surface area contributed by atoms with Crippen molar-refractivity contribution in [2.24, 2.45) is 0 Å². The number of aryl methyl sites for hydroxylation is 1. The summed E-state index contributed by atoms with van der Waals surface area (Å²) in [6.45, 7) is 8.06. The third kappa shape index (κ3) is 2.85. The molecular weight excluding hydrogens is 238 g/mol. The maximum atomic E-state index is 5.01. The van der Waals surface area contributed by atoms with E-state index >= 15 is 0 Å². The van der Waals surface area contributed by atoms with Gasteiger partial charge in [-0.05, 0) is 38.1 Å². The van der Waals surface area contributed by atoms with Crippen molar-refractivity contribution >= 4 is 11.8 Å². The molecule has 6 nitrogen and oxygen atoms in total. The Morgan fingerprint density at radius 1 is 1.41 bits per heavy atom. The van der Waals surface area contributed by atoms with E-state index in [0.29, 0.717) is 5.75 Å². The fourth-order valence-electron chi connectivity index (χ4n) is 1.31. The first-order chi connectivity index (χ1) is 7.97. The highest BCUT2D eigenvalue weighted by molar-refractivity contribution is 7.98. The summed E-state index contributed by atoms with van der Waals surface area (Å²) in [5.41, 5.74) is 0.780. The van der Waals surface area contributed by atoms with E-state index in [-0.39, 0.29) is 5.54 Å². The SMILES string of the molecule is Cc1cc(CSc2nnnn2C(C)(C)C)no1. The van der Waals surface area contributed by atoms with E-state index in [9.17, 15) is 0 Å². The van der Waals surface area contributed by atoms with Gasteiger partial charge in [-0.2, -0.15) is 0 Å². The number of aromatic nitrogens is 5. The quantitative estimate of drug-likeness (QED) is 0.779. The van der Waals surface area contributed by atoms with Gasteiger partial charge < -0.3 is 4.52 Å². The standard InChI is InChI=1S/C10H15N5OS/c1-7-5-8(12-16-7)6-17-9-11-13-14-15(9)10(2,3)4/h5H,6H2,1-4H3. The van der Waals surface area contributed by atoms with Crippen LogP contribution >= 0.6 is 11.8 Å². The van der Waals surface area contributed by atoms with Crippen LogP contribution in [0.15, 0.2) is 15.7 Å². The Kier molecular flexibility index (Phi) is 3.19. The van der Waals surface area contributed by atoms with E-state index in [1.165, 1.54) is 0 Å². The maximum absolute atomic E-state index is 5.01. The van der Waals surface area contributed by atoms with Crippen LogP contribution in [0.2, 0.25) is 0 Å². The monoisotopic (exact) mass is 253 g/mol. The second-order valence-electron chi connectivity index (χ2n) is 4.76. The topological polar surface area (TPSA) is 69.6 Å². The summed E-state index contributed by atoms with van der Waals surface area (Å²) in [6, 6.07) is 1.91. The zero-order valence-electron chi connectivity index (χ0n) is 10.3. The van der Waals surface area contributed by atoms with Gasteiger partial charge in [0.1, 0.15) is 5.76 Å². The molecule has 0 amide bonds. The summed E-state index contributed by atoms with van der Waals surface area (Å²) in [4.78, 5) is 0. The molecule has 0 bridgehead atoms. The first-order valence-corrected chi connectivity index (χ1v) is 6.29. The van der Waals surface area contributed by atoms with Crippen LogP contribution in [0.5, 0.6) is 0 Å². The van der Waals surface area contributed by atoms with E-state index in [0.717, 1.165) is 16.6 Å². The molecule has 2 aromatic heterocycles. The molecule has 0 radical (unpaired) electrons. The van der Waals surface area contributed by atoms with Crippen LogP contribution in [0.4, 0.5) is 0 Å². The molecular formula is C10H15N5OS. The van der Waals surface area contributed by atoms with Crippen molar-refractivity contribution < 1.29 is 4.52 Å². The molecule has 2 rings (SSSR count). The summed E-state index contributed by atoms with van der Waals surface area (Å²) in [6.07, 6.45) is 0.